The molecule has 1 aliphatic heterocycles. The molecule has 2 N–H and O–H groups in total. The fourth-order valence-corrected chi connectivity index (χ4v) is 14.8. The van der Waals surface area contributed by atoms with Gasteiger partial charge in [-0.2, -0.15) is 10.2 Å². The third kappa shape index (κ3) is 6.58. The third-order valence-electron chi connectivity index (χ3n) is 7.39. The Hall–Kier alpha value is -1.89. The van der Waals surface area contributed by atoms with Gasteiger partial charge in [0.05, 0.1) is 24.7 Å². The maximum atomic E-state index is 12.7. The van der Waals surface area contributed by atoms with Gasteiger partial charge in [-0.25, -0.2) is 4.79 Å². The second-order valence-electron chi connectivity index (χ2n) is 11.3. The van der Waals surface area contributed by atoms with Crippen molar-refractivity contribution in [2.75, 3.05) is 11.9 Å². The number of nitrogens with one attached hydrogen (secondary N) is 1. The van der Waals surface area contributed by atoms with Crippen LogP contribution in [0.25, 0.3) is 0 Å². The first-order valence-electron chi connectivity index (χ1n) is 13.1. The predicted molar refractivity (Wildman–Crippen MR) is 146 cm³/mol. The van der Waals surface area contributed by atoms with Crippen molar-refractivity contribution in [1.29, 1.82) is 5.26 Å². The fourth-order valence-electron chi connectivity index (χ4n) is 4.98. The summed E-state index contributed by atoms with van der Waals surface area (Å²) < 4.78 is 21.0. The summed E-state index contributed by atoms with van der Waals surface area (Å²) in [6.07, 6.45) is 0.178. The number of ether oxygens (including phenoxy) is 1. The molecule has 0 aliphatic carbocycles. The second-order valence-corrected chi connectivity index (χ2v) is 19.9. The molecule has 1 saturated heterocycles. The van der Waals surface area contributed by atoms with Crippen molar-refractivity contribution in [3.63, 3.8) is 0 Å². The molecular weight excluding hydrogens is 508 g/mol. The Morgan fingerprint density at radius 3 is 2.19 bits per heavy atom. The summed E-state index contributed by atoms with van der Waals surface area (Å²) in [5.74, 6) is -1.03. The molecule has 0 radical (unpaired) electrons. The lowest BCUT2D eigenvalue weighted by molar-refractivity contribution is -0.114. The lowest BCUT2D eigenvalue weighted by Crippen LogP contribution is -2.60. The molecule has 1 aromatic rings. The van der Waals surface area contributed by atoms with Crippen LogP contribution >= 0.6 is 0 Å². The largest absolute Gasteiger partial charge is 0.414 e. The number of carbonyl (C=O) groups excluding carboxylic acids is 1. The third-order valence-corrected chi connectivity index (χ3v) is 17.1. The SMILES string of the molecule is CC(=O)Nc1ccn([C@@H]2OC(CO[Si](O[Si](O)(C(C)C)C(C)C)(C(C)C)C(C)C)[C@@H](C)[C@@H]2C#N)c(=O)n1. The molecule has 1 unspecified atom stereocenters. The normalized spacial score (nSPS) is 22.8. The molecular formula is C25H44N4O6Si2. The highest BCUT2D eigenvalue weighted by Crippen LogP contribution is 2.44. The van der Waals surface area contributed by atoms with E-state index in [0.29, 0.717) is 0 Å². The summed E-state index contributed by atoms with van der Waals surface area (Å²) in [4.78, 5) is 39.6. The number of nitrogens with zero attached hydrogens (tertiary/aromatic N) is 3. The standard InChI is InChI=1S/C25H44N4O6Si2/c1-15(2)36(32,16(3)4)35-37(17(5)6,18(7)8)33-14-22-19(9)21(13-26)24(34-22)29-12-11-23(27-20(10)30)28-25(29)31/h11-12,15-19,21-22,24,32H,14H2,1-10H3,(H,27,28,30,31)/t19-,21-,22?,24+/m0/s1. The van der Waals surface area contributed by atoms with Gasteiger partial charge in [0.2, 0.25) is 5.91 Å². The second kappa shape index (κ2) is 12.3. The molecule has 1 fully saturated rings. The van der Waals surface area contributed by atoms with Crippen LogP contribution < -0.4 is 11.0 Å². The maximum Gasteiger partial charge on any atom is 0.351 e. The van der Waals surface area contributed by atoms with Crippen LogP contribution in [0.5, 0.6) is 0 Å². The van der Waals surface area contributed by atoms with Crippen LogP contribution in [0.3, 0.4) is 0 Å². The summed E-state index contributed by atoms with van der Waals surface area (Å²) >= 11 is 0. The fraction of sp³-hybridized carbons (Fsp3) is 0.760. The number of hydrogen-bond acceptors (Lipinski definition) is 8. The molecule has 2 heterocycles. The molecule has 12 heteroatoms. The van der Waals surface area contributed by atoms with Crippen molar-refractivity contribution in [2.45, 2.75) is 104 Å². The average Bonchev–Trinajstić information content (AvgIpc) is 3.10. The van der Waals surface area contributed by atoms with Crippen LogP contribution in [-0.2, 0) is 18.1 Å². The lowest BCUT2D eigenvalue weighted by atomic mass is 9.92. The Balaban J connectivity index is 2.34. The van der Waals surface area contributed by atoms with Crippen LogP contribution in [0.15, 0.2) is 17.1 Å². The number of amides is 1. The number of hydrogen-bond donors (Lipinski definition) is 2. The van der Waals surface area contributed by atoms with Gasteiger partial charge in [0, 0.05) is 19.0 Å². The summed E-state index contributed by atoms with van der Waals surface area (Å²) in [7, 11) is -6.06. The van der Waals surface area contributed by atoms with Crippen molar-refractivity contribution in [3.05, 3.63) is 22.7 Å². The zero-order chi connectivity index (χ0) is 28.3. The summed E-state index contributed by atoms with van der Waals surface area (Å²) in [6.45, 7) is 19.7. The zero-order valence-electron chi connectivity index (χ0n) is 23.8. The highest BCUT2D eigenvalue weighted by molar-refractivity contribution is 6.83. The minimum atomic E-state index is -3.11. The Kier molecular flexibility index (Phi) is 10.4. The summed E-state index contributed by atoms with van der Waals surface area (Å²) in [5.41, 5.74) is -0.497. The monoisotopic (exact) mass is 552 g/mol. The van der Waals surface area contributed by atoms with Crippen molar-refractivity contribution in [1.82, 2.24) is 9.55 Å². The van der Waals surface area contributed by atoms with Gasteiger partial charge in [-0.15, -0.1) is 0 Å². The molecule has 208 valence electrons. The van der Waals surface area contributed by atoms with E-state index >= 15 is 0 Å². The van der Waals surface area contributed by atoms with Gasteiger partial charge in [0.25, 0.3) is 0 Å². The van der Waals surface area contributed by atoms with E-state index in [2.05, 4.69) is 44.1 Å². The van der Waals surface area contributed by atoms with E-state index in [4.69, 9.17) is 13.3 Å². The smallest absolute Gasteiger partial charge is 0.351 e. The number of rotatable bonds is 11. The van der Waals surface area contributed by atoms with Gasteiger partial charge in [0.1, 0.15) is 5.82 Å². The van der Waals surface area contributed by atoms with Gasteiger partial charge in [0.15, 0.2) is 6.23 Å². The minimum Gasteiger partial charge on any atom is -0.414 e. The van der Waals surface area contributed by atoms with Crippen molar-refractivity contribution < 1.29 is 22.9 Å². The Morgan fingerprint density at radius 2 is 1.76 bits per heavy atom. The zero-order valence-corrected chi connectivity index (χ0v) is 25.8. The maximum absolute atomic E-state index is 12.7. The van der Waals surface area contributed by atoms with E-state index in [1.54, 1.807) is 0 Å². The topological polar surface area (TPSA) is 136 Å². The number of anilines is 1. The molecule has 0 bridgehead atoms. The van der Waals surface area contributed by atoms with Crippen LogP contribution in [0, 0.1) is 23.2 Å². The van der Waals surface area contributed by atoms with Gasteiger partial charge in [-0.3, -0.25) is 9.36 Å². The van der Waals surface area contributed by atoms with Gasteiger partial charge < -0.3 is 23.4 Å². The van der Waals surface area contributed by atoms with E-state index in [0.717, 1.165) is 0 Å². The molecule has 37 heavy (non-hydrogen) atoms. The van der Waals surface area contributed by atoms with Crippen LogP contribution in [0.4, 0.5) is 5.82 Å². The van der Waals surface area contributed by atoms with E-state index in [1.165, 1.54) is 23.8 Å². The number of carbonyl (C=O) groups is 1. The van der Waals surface area contributed by atoms with E-state index in [1.807, 2.05) is 34.6 Å². The van der Waals surface area contributed by atoms with E-state index in [9.17, 15) is 19.6 Å². The van der Waals surface area contributed by atoms with Gasteiger partial charge in [-0.05, 0) is 28.2 Å². The molecule has 0 saturated carbocycles. The number of nitriles is 1. The van der Waals surface area contributed by atoms with Gasteiger partial charge >= 0.3 is 22.8 Å². The average molecular weight is 553 g/mol. The van der Waals surface area contributed by atoms with Gasteiger partial charge in [-0.1, -0.05) is 62.3 Å². The first kappa shape index (κ1) is 31.3. The molecule has 1 aliphatic rings. The molecule has 0 aromatic carbocycles. The molecule has 10 nitrogen and oxygen atoms in total. The molecule has 0 spiro atoms. The molecule has 1 aromatic heterocycles. The quantitative estimate of drug-likeness (QED) is 0.385. The summed E-state index contributed by atoms with van der Waals surface area (Å²) in [6, 6.07) is 3.79. The van der Waals surface area contributed by atoms with Crippen LogP contribution in [-0.4, -0.2) is 50.1 Å². The Labute approximate surface area is 222 Å². The van der Waals surface area contributed by atoms with Crippen LogP contribution in [0.2, 0.25) is 22.2 Å². The highest BCUT2D eigenvalue weighted by atomic mass is 28.5. The minimum absolute atomic E-state index is 0.00526. The molecule has 2 rings (SSSR count). The Bertz CT molecular complexity index is 1020. The van der Waals surface area contributed by atoms with Crippen molar-refractivity contribution in [2.24, 2.45) is 11.8 Å². The van der Waals surface area contributed by atoms with Crippen LogP contribution in [0.1, 0.15) is 75.5 Å². The van der Waals surface area contributed by atoms with Crippen molar-refractivity contribution >= 4 is 28.8 Å². The lowest BCUT2D eigenvalue weighted by Gasteiger charge is -2.46. The predicted octanol–water partition coefficient (Wildman–Crippen LogP) is 4.42. The van der Waals surface area contributed by atoms with Crippen molar-refractivity contribution in [3.8, 4) is 6.07 Å². The molecule has 4 atom stereocenters. The first-order chi connectivity index (χ1) is 17.1. The number of aromatic nitrogens is 2. The summed E-state index contributed by atoms with van der Waals surface area (Å²) in [5, 5.41) is 12.4. The van der Waals surface area contributed by atoms with E-state index in [-0.39, 0.29) is 46.4 Å². The molecule has 1 amide bonds. The highest BCUT2D eigenvalue weighted by Gasteiger charge is 2.55. The first-order valence-corrected chi connectivity index (χ1v) is 17.1. The Morgan fingerprint density at radius 1 is 1.19 bits per heavy atom. The van der Waals surface area contributed by atoms with E-state index < -0.39 is 41.1 Å².